The van der Waals surface area contributed by atoms with Crippen LogP contribution >= 0.6 is 0 Å². The topological polar surface area (TPSA) is 108 Å². The summed E-state index contributed by atoms with van der Waals surface area (Å²) in [6.45, 7) is 1.20. The molecule has 0 saturated heterocycles. The van der Waals surface area contributed by atoms with Crippen molar-refractivity contribution in [2.75, 3.05) is 39.3 Å². The van der Waals surface area contributed by atoms with Crippen LogP contribution in [0.2, 0.25) is 0 Å². The van der Waals surface area contributed by atoms with Gasteiger partial charge in [0.25, 0.3) is 0 Å². The van der Waals surface area contributed by atoms with Crippen LogP contribution in [0.25, 0.3) is 0 Å². The lowest BCUT2D eigenvalue weighted by molar-refractivity contribution is 0.00759. The maximum Gasteiger partial charge on any atom is 0.0916 e. The van der Waals surface area contributed by atoms with Gasteiger partial charge in [-0.2, -0.15) is 0 Å². The molecule has 4 aromatic carbocycles. The summed E-state index contributed by atoms with van der Waals surface area (Å²) in [7, 11) is 0. The van der Waals surface area contributed by atoms with Gasteiger partial charge in [0, 0.05) is 39.3 Å². The Balaban J connectivity index is 1.48. The minimum Gasteiger partial charge on any atom is -0.390 e. The van der Waals surface area contributed by atoms with E-state index in [1.54, 1.807) is 0 Å². The Hall–Kier alpha value is -3.40. The molecule has 0 spiro atoms. The van der Waals surface area contributed by atoms with E-state index in [4.69, 9.17) is 0 Å². The molecule has 0 aliphatic heterocycles. The lowest BCUT2D eigenvalue weighted by Crippen LogP contribution is -2.45. The number of hydrogen-bond acceptors (Lipinski definition) is 7. The molecule has 0 fully saturated rings. The molecule has 222 valence electrons. The van der Waals surface area contributed by atoms with Gasteiger partial charge >= 0.3 is 0 Å². The molecule has 5 N–H and O–H groups in total. The zero-order valence-electron chi connectivity index (χ0n) is 23.8. The Labute approximate surface area is 248 Å². The zero-order valence-corrected chi connectivity index (χ0v) is 23.8. The molecule has 0 amide bonds. The molecular formula is C35H42N2O5. The Morgan fingerprint density at radius 3 is 0.762 bits per heavy atom. The Morgan fingerprint density at radius 1 is 0.333 bits per heavy atom. The van der Waals surface area contributed by atoms with Gasteiger partial charge in [-0.25, -0.2) is 0 Å². The fourth-order valence-electron chi connectivity index (χ4n) is 5.20. The van der Waals surface area contributed by atoms with Crippen LogP contribution in [0.3, 0.4) is 0 Å². The smallest absolute Gasteiger partial charge is 0.0916 e. The van der Waals surface area contributed by atoms with Crippen LogP contribution in [-0.4, -0.2) is 80.7 Å². The molecule has 0 heterocycles. The molecule has 0 aromatic heterocycles. The third kappa shape index (κ3) is 9.86. The molecule has 0 bridgehead atoms. The number of nitrogens with zero attached hydrogens (tertiary/aromatic N) is 2. The second-order valence-corrected chi connectivity index (χ2v) is 10.8. The highest BCUT2D eigenvalue weighted by Crippen LogP contribution is 2.21. The quantitative estimate of drug-likeness (QED) is 0.139. The van der Waals surface area contributed by atoms with Crippen LogP contribution in [0.15, 0.2) is 121 Å². The van der Waals surface area contributed by atoms with Crippen molar-refractivity contribution in [2.24, 2.45) is 0 Å². The molecule has 4 unspecified atom stereocenters. The monoisotopic (exact) mass is 570 g/mol. The van der Waals surface area contributed by atoms with E-state index in [0.29, 0.717) is 0 Å². The molecule has 7 nitrogen and oxygen atoms in total. The highest BCUT2D eigenvalue weighted by Gasteiger charge is 2.24. The van der Waals surface area contributed by atoms with Crippen molar-refractivity contribution in [2.45, 2.75) is 30.5 Å². The standard InChI is InChI=1S/C35H42N2O5/c38-31(21-36(23-32(39)27-13-5-1-6-14-27)24-33(40)28-15-7-2-8-16-28)22-37(25-34(41)29-17-9-3-10-18-29)26-35(42)30-19-11-4-12-20-30/h1-20,31-35,38-42H,21-26H2. The normalized spacial score (nSPS) is 15.3. The van der Waals surface area contributed by atoms with Gasteiger partial charge in [-0.05, 0) is 22.3 Å². The predicted octanol–water partition coefficient (Wildman–Crippen LogP) is 3.89. The predicted molar refractivity (Wildman–Crippen MR) is 164 cm³/mol. The first kappa shape index (κ1) is 31.5. The first-order chi connectivity index (χ1) is 20.4. The van der Waals surface area contributed by atoms with Crippen molar-refractivity contribution in [3.8, 4) is 0 Å². The molecular weight excluding hydrogens is 528 g/mol. The van der Waals surface area contributed by atoms with E-state index in [1.165, 1.54) is 0 Å². The first-order valence-corrected chi connectivity index (χ1v) is 14.4. The summed E-state index contributed by atoms with van der Waals surface area (Å²) in [5, 5.41) is 55.2. The van der Waals surface area contributed by atoms with Gasteiger partial charge < -0.3 is 25.5 Å². The molecule has 0 saturated carbocycles. The Kier molecular flexibility index (Phi) is 12.2. The third-order valence-electron chi connectivity index (χ3n) is 7.40. The molecule has 0 aliphatic rings. The summed E-state index contributed by atoms with van der Waals surface area (Å²) in [5.41, 5.74) is 3.02. The first-order valence-electron chi connectivity index (χ1n) is 14.4. The van der Waals surface area contributed by atoms with Crippen LogP contribution in [0.4, 0.5) is 0 Å². The summed E-state index contributed by atoms with van der Waals surface area (Å²) in [5.74, 6) is 0. The van der Waals surface area contributed by atoms with Crippen LogP contribution in [0.1, 0.15) is 46.7 Å². The maximum atomic E-state index is 11.3. The fourth-order valence-corrected chi connectivity index (χ4v) is 5.20. The number of aliphatic hydroxyl groups is 5. The van der Waals surface area contributed by atoms with E-state index >= 15 is 0 Å². The van der Waals surface area contributed by atoms with Gasteiger partial charge in [-0.3, -0.25) is 9.80 Å². The van der Waals surface area contributed by atoms with Gasteiger partial charge in [0.15, 0.2) is 0 Å². The maximum absolute atomic E-state index is 11.3. The van der Waals surface area contributed by atoms with Gasteiger partial charge in [-0.1, -0.05) is 121 Å². The van der Waals surface area contributed by atoms with Crippen molar-refractivity contribution in [1.29, 1.82) is 0 Å². The highest BCUT2D eigenvalue weighted by molar-refractivity contribution is 5.20. The molecule has 4 atom stereocenters. The van der Waals surface area contributed by atoms with Gasteiger partial charge in [0.2, 0.25) is 0 Å². The number of benzene rings is 4. The van der Waals surface area contributed by atoms with Crippen molar-refractivity contribution < 1.29 is 25.5 Å². The molecule has 4 aromatic rings. The zero-order chi connectivity index (χ0) is 29.7. The fraction of sp³-hybridized carbons (Fsp3) is 0.314. The van der Waals surface area contributed by atoms with E-state index < -0.39 is 30.5 Å². The summed E-state index contributed by atoms with van der Waals surface area (Å²) in [6, 6.07) is 37.3. The van der Waals surface area contributed by atoms with E-state index in [0.717, 1.165) is 22.3 Å². The average molecular weight is 571 g/mol. The second kappa shape index (κ2) is 16.3. The van der Waals surface area contributed by atoms with Crippen molar-refractivity contribution in [3.63, 3.8) is 0 Å². The van der Waals surface area contributed by atoms with Gasteiger partial charge in [0.1, 0.15) is 0 Å². The highest BCUT2D eigenvalue weighted by atomic mass is 16.3. The number of aliphatic hydroxyl groups excluding tert-OH is 5. The van der Waals surface area contributed by atoms with Crippen LogP contribution in [0.5, 0.6) is 0 Å². The van der Waals surface area contributed by atoms with Crippen molar-refractivity contribution in [3.05, 3.63) is 144 Å². The lowest BCUT2D eigenvalue weighted by Gasteiger charge is -2.33. The molecule has 7 heteroatoms. The van der Waals surface area contributed by atoms with Crippen LogP contribution < -0.4 is 0 Å². The molecule has 4 rings (SSSR count). The average Bonchev–Trinajstić information content (AvgIpc) is 3.02. The minimum absolute atomic E-state index is 0.174. The van der Waals surface area contributed by atoms with Crippen LogP contribution in [-0.2, 0) is 0 Å². The summed E-state index contributed by atoms with van der Waals surface area (Å²) < 4.78 is 0. The second-order valence-electron chi connectivity index (χ2n) is 10.8. The van der Waals surface area contributed by atoms with E-state index in [1.807, 2.05) is 131 Å². The Morgan fingerprint density at radius 2 is 0.548 bits per heavy atom. The van der Waals surface area contributed by atoms with Crippen LogP contribution in [0, 0.1) is 0 Å². The van der Waals surface area contributed by atoms with Gasteiger partial charge in [0.05, 0.1) is 30.5 Å². The summed E-state index contributed by atoms with van der Waals surface area (Å²) in [4.78, 5) is 3.72. The SMILES string of the molecule is OC(CN(CC(O)c1ccccc1)CC(O)c1ccccc1)CN(CC(O)c1ccccc1)CC(O)c1ccccc1. The summed E-state index contributed by atoms with van der Waals surface area (Å²) >= 11 is 0. The largest absolute Gasteiger partial charge is 0.390 e. The van der Waals surface area contributed by atoms with E-state index in [-0.39, 0.29) is 39.3 Å². The Bertz CT molecular complexity index is 1080. The third-order valence-corrected chi connectivity index (χ3v) is 7.40. The van der Waals surface area contributed by atoms with Gasteiger partial charge in [-0.15, -0.1) is 0 Å². The van der Waals surface area contributed by atoms with Crippen molar-refractivity contribution in [1.82, 2.24) is 9.80 Å². The molecule has 0 radical (unpaired) electrons. The molecule has 0 aliphatic carbocycles. The van der Waals surface area contributed by atoms with E-state index in [9.17, 15) is 25.5 Å². The lowest BCUT2D eigenvalue weighted by atomic mass is 10.1. The minimum atomic E-state index is -0.887. The van der Waals surface area contributed by atoms with E-state index in [2.05, 4.69) is 0 Å². The number of rotatable bonds is 16. The summed E-state index contributed by atoms with van der Waals surface area (Å²) in [6.07, 6.45) is -4.12. The number of hydrogen-bond donors (Lipinski definition) is 5. The molecule has 42 heavy (non-hydrogen) atoms. The van der Waals surface area contributed by atoms with Crippen molar-refractivity contribution >= 4 is 0 Å².